The lowest BCUT2D eigenvalue weighted by Crippen LogP contribution is -2.06. The van der Waals surface area contributed by atoms with Crippen LogP contribution in [0.4, 0.5) is 36.3 Å². The normalized spacial score (nSPS) is 11.4. The molecule has 6 nitrogen and oxygen atoms in total. The Hall–Kier alpha value is -3.75. The number of aromatic nitrogens is 4. The molecule has 2 heterocycles. The van der Waals surface area contributed by atoms with Gasteiger partial charge in [-0.3, -0.25) is 4.98 Å². The van der Waals surface area contributed by atoms with E-state index in [1.165, 1.54) is 18.3 Å². The van der Waals surface area contributed by atoms with E-state index < -0.39 is 11.7 Å². The Morgan fingerprint density at radius 3 is 2.57 bits per heavy atom. The summed E-state index contributed by atoms with van der Waals surface area (Å²) in [7, 11) is 0. The van der Waals surface area contributed by atoms with E-state index in [2.05, 4.69) is 30.8 Å². The molecule has 0 aliphatic carbocycles. The van der Waals surface area contributed by atoms with Crippen LogP contribution in [0.5, 0.6) is 0 Å². The summed E-state index contributed by atoms with van der Waals surface area (Å²) < 4.78 is 38.6. The van der Waals surface area contributed by atoms with Gasteiger partial charge in [-0.05, 0) is 30.3 Å². The number of nitrogens with one attached hydrogen (secondary N) is 2. The maximum atomic E-state index is 12.9. The van der Waals surface area contributed by atoms with Gasteiger partial charge >= 0.3 is 6.18 Å². The van der Waals surface area contributed by atoms with Gasteiger partial charge in [0.25, 0.3) is 0 Å². The van der Waals surface area contributed by atoms with Crippen LogP contribution in [0.25, 0.3) is 10.9 Å². The number of nitrogens with zero attached hydrogens (tertiary/aromatic N) is 4. The molecule has 140 valence electrons. The lowest BCUT2D eigenvalue weighted by atomic mass is 10.2. The van der Waals surface area contributed by atoms with Crippen LogP contribution >= 0.6 is 0 Å². The second kappa shape index (κ2) is 7.10. The summed E-state index contributed by atoms with van der Waals surface area (Å²) in [6.45, 7) is 0. The predicted octanol–water partition coefficient (Wildman–Crippen LogP) is 4.93. The number of rotatable bonds is 4. The summed E-state index contributed by atoms with van der Waals surface area (Å²) in [5.74, 6) is 0.445. The maximum Gasteiger partial charge on any atom is 0.416 e. The van der Waals surface area contributed by atoms with E-state index in [1.54, 1.807) is 6.20 Å². The van der Waals surface area contributed by atoms with Crippen molar-refractivity contribution in [2.45, 2.75) is 6.18 Å². The largest absolute Gasteiger partial charge is 0.416 e. The molecule has 0 saturated heterocycles. The number of hydrogen-bond donors (Lipinski definition) is 2. The molecule has 0 fully saturated rings. The van der Waals surface area contributed by atoms with Crippen LogP contribution in [0.15, 0.2) is 67.0 Å². The smallest absolute Gasteiger partial charge is 0.339 e. The van der Waals surface area contributed by atoms with Crippen molar-refractivity contribution in [1.82, 2.24) is 20.2 Å². The first-order chi connectivity index (χ1) is 13.5. The summed E-state index contributed by atoms with van der Waals surface area (Å²) >= 11 is 0. The molecule has 2 aromatic heterocycles. The molecule has 9 heteroatoms. The van der Waals surface area contributed by atoms with E-state index in [9.17, 15) is 13.2 Å². The molecular weight excluding hydrogens is 369 g/mol. The minimum Gasteiger partial charge on any atom is -0.339 e. The van der Waals surface area contributed by atoms with E-state index >= 15 is 0 Å². The zero-order valence-corrected chi connectivity index (χ0v) is 14.3. The molecule has 0 amide bonds. The van der Waals surface area contributed by atoms with Crippen molar-refractivity contribution in [1.29, 1.82) is 0 Å². The maximum absolute atomic E-state index is 12.9. The van der Waals surface area contributed by atoms with Gasteiger partial charge in [-0.15, -0.1) is 5.10 Å². The highest BCUT2D eigenvalue weighted by Gasteiger charge is 2.30. The zero-order valence-electron chi connectivity index (χ0n) is 14.3. The summed E-state index contributed by atoms with van der Waals surface area (Å²) in [6.07, 6.45) is -1.42. The second-order valence-electron chi connectivity index (χ2n) is 5.87. The third kappa shape index (κ3) is 3.83. The summed E-state index contributed by atoms with van der Waals surface area (Å²) in [5, 5.41) is 14.6. The Morgan fingerprint density at radius 1 is 0.893 bits per heavy atom. The third-order valence-electron chi connectivity index (χ3n) is 3.90. The van der Waals surface area contributed by atoms with Crippen LogP contribution in [0.3, 0.4) is 0 Å². The van der Waals surface area contributed by atoms with Gasteiger partial charge in [0.15, 0.2) is 5.82 Å². The summed E-state index contributed by atoms with van der Waals surface area (Å²) in [4.78, 5) is 8.60. The average Bonchev–Trinajstić information content (AvgIpc) is 2.68. The Kier molecular flexibility index (Phi) is 4.48. The fraction of sp³-hybridized carbons (Fsp3) is 0.0526. The van der Waals surface area contributed by atoms with Crippen molar-refractivity contribution in [2.75, 3.05) is 10.6 Å². The van der Waals surface area contributed by atoms with Gasteiger partial charge in [0.2, 0.25) is 5.95 Å². The molecule has 2 aromatic carbocycles. The minimum absolute atomic E-state index is 0.190. The van der Waals surface area contributed by atoms with E-state index in [0.29, 0.717) is 5.69 Å². The standard InChI is InChI=1S/C19H13F3N6/c20-19(21,22)13-6-2-7-14(10-13)25-16-11-24-28-18(27-16)26-15-8-1-4-12-5-3-9-23-17(12)15/h1-11H,(H2,25,26,27,28). The number of alkyl halides is 3. The van der Waals surface area contributed by atoms with Crippen molar-refractivity contribution in [3.05, 3.63) is 72.6 Å². The van der Waals surface area contributed by atoms with E-state index in [1.807, 2.05) is 30.3 Å². The van der Waals surface area contributed by atoms with Crippen molar-refractivity contribution in [2.24, 2.45) is 0 Å². The molecule has 0 atom stereocenters. The number of para-hydroxylation sites is 1. The average molecular weight is 382 g/mol. The van der Waals surface area contributed by atoms with Crippen molar-refractivity contribution in [3.8, 4) is 0 Å². The predicted molar refractivity (Wildman–Crippen MR) is 99.6 cm³/mol. The van der Waals surface area contributed by atoms with Crippen LogP contribution in [0, 0.1) is 0 Å². The molecule has 0 radical (unpaired) electrons. The SMILES string of the molecule is FC(F)(F)c1cccc(Nc2cnnc(Nc3cccc4cccnc34)n2)c1. The van der Waals surface area contributed by atoms with Crippen molar-refractivity contribution in [3.63, 3.8) is 0 Å². The van der Waals surface area contributed by atoms with Gasteiger partial charge in [-0.1, -0.05) is 24.3 Å². The van der Waals surface area contributed by atoms with Crippen LogP contribution in [0.2, 0.25) is 0 Å². The molecule has 0 aliphatic rings. The topological polar surface area (TPSA) is 75.6 Å². The van der Waals surface area contributed by atoms with Gasteiger partial charge in [0.05, 0.1) is 23.0 Å². The van der Waals surface area contributed by atoms with Gasteiger partial charge in [0, 0.05) is 17.3 Å². The lowest BCUT2D eigenvalue weighted by Gasteiger charge is -2.11. The molecule has 0 unspecified atom stereocenters. The van der Waals surface area contributed by atoms with E-state index in [4.69, 9.17) is 0 Å². The van der Waals surface area contributed by atoms with Crippen LogP contribution < -0.4 is 10.6 Å². The second-order valence-corrected chi connectivity index (χ2v) is 5.87. The van der Waals surface area contributed by atoms with Crippen molar-refractivity contribution < 1.29 is 13.2 Å². The Morgan fingerprint density at radius 2 is 1.71 bits per heavy atom. The zero-order chi connectivity index (χ0) is 19.6. The minimum atomic E-state index is -4.42. The summed E-state index contributed by atoms with van der Waals surface area (Å²) in [5.41, 5.74) is 0.925. The first-order valence-corrected chi connectivity index (χ1v) is 8.24. The highest BCUT2D eigenvalue weighted by Crippen LogP contribution is 2.31. The highest BCUT2D eigenvalue weighted by molar-refractivity contribution is 5.91. The first-order valence-electron chi connectivity index (χ1n) is 8.24. The quantitative estimate of drug-likeness (QED) is 0.521. The van der Waals surface area contributed by atoms with Gasteiger partial charge < -0.3 is 10.6 Å². The van der Waals surface area contributed by atoms with Crippen LogP contribution in [-0.4, -0.2) is 20.2 Å². The number of anilines is 4. The first kappa shape index (κ1) is 17.7. The Balaban J connectivity index is 1.58. The monoisotopic (exact) mass is 382 g/mol. The summed E-state index contributed by atoms with van der Waals surface area (Å²) in [6, 6.07) is 14.2. The molecule has 0 bridgehead atoms. The molecule has 0 saturated carbocycles. The third-order valence-corrected chi connectivity index (χ3v) is 3.90. The number of halogens is 3. The van der Waals surface area contributed by atoms with Gasteiger partial charge in [-0.25, -0.2) is 0 Å². The van der Waals surface area contributed by atoms with Gasteiger partial charge in [0.1, 0.15) is 0 Å². The highest BCUT2D eigenvalue weighted by atomic mass is 19.4. The Labute approximate surface area is 157 Å². The fourth-order valence-electron chi connectivity index (χ4n) is 2.66. The number of benzene rings is 2. The van der Waals surface area contributed by atoms with Crippen molar-refractivity contribution >= 4 is 34.0 Å². The molecular formula is C19H13F3N6. The number of pyridine rings is 1. The van der Waals surface area contributed by atoms with E-state index in [-0.39, 0.29) is 17.5 Å². The molecule has 2 N–H and O–H groups in total. The van der Waals surface area contributed by atoms with E-state index in [0.717, 1.165) is 23.0 Å². The number of hydrogen-bond acceptors (Lipinski definition) is 6. The molecule has 4 aromatic rings. The van der Waals surface area contributed by atoms with Crippen LogP contribution in [0.1, 0.15) is 5.56 Å². The van der Waals surface area contributed by atoms with Gasteiger partial charge in [-0.2, -0.15) is 23.3 Å². The van der Waals surface area contributed by atoms with Crippen LogP contribution in [-0.2, 0) is 6.18 Å². The molecule has 0 aliphatic heterocycles. The molecule has 4 rings (SSSR count). The lowest BCUT2D eigenvalue weighted by molar-refractivity contribution is -0.137. The molecule has 0 spiro atoms. The molecule has 28 heavy (non-hydrogen) atoms. The number of fused-ring (bicyclic) bond motifs is 1. The Bertz CT molecular complexity index is 1120. The fourth-order valence-corrected chi connectivity index (χ4v) is 2.66.